The molecule has 0 aliphatic heterocycles. The van der Waals surface area contributed by atoms with E-state index < -0.39 is 0 Å². The first-order chi connectivity index (χ1) is 16.4. The molecule has 0 saturated carbocycles. The molecule has 2 unspecified atom stereocenters. The topological polar surface area (TPSA) is 34.1 Å². The summed E-state index contributed by atoms with van der Waals surface area (Å²) in [7, 11) is 0. The first-order valence-corrected chi connectivity index (χ1v) is 15.6. The van der Waals surface area contributed by atoms with Crippen molar-refractivity contribution < 1.29 is 26.1 Å². The minimum Gasteiger partial charge on any atom is -0.742 e. The summed E-state index contributed by atoms with van der Waals surface area (Å²) >= 11 is 9.27. The molecule has 5 heteroatoms. The van der Waals surface area contributed by atoms with E-state index >= 15 is 0 Å². The molecule has 0 aliphatic rings. The Balaban J connectivity index is -0.000000569. The molecule has 0 saturated heterocycles. The normalized spacial score (nSPS) is 12.2. The van der Waals surface area contributed by atoms with E-state index in [9.17, 15) is 9.59 Å². The zero-order chi connectivity index (χ0) is 25.9. The van der Waals surface area contributed by atoms with Crippen LogP contribution in [0, 0.1) is 11.8 Å². The number of hydrogen-bond acceptors (Lipinski definition) is 4. The maximum absolute atomic E-state index is 10.8. The Bertz CT molecular complexity index is 406. The molecule has 212 valence electrons. The summed E-state index contributed by atoms with van der Waals surface area (Å²) < 4.78 is 0. The second-order valence-corrected chi connectivity index (χ2v) is 11.2. The number of carbonyl (C=O) groups is 2. The first-order valence-electron chi connectivity index (χ1n) is 14.8. The van der Waals surface area contributed by atoms with Crippen molar-refractivity contribution in [2.45, 2.75) is 169 Å². The fourth-order valence-electron chi connectivity index (χ4n) is 4.11. The van der Waals surface area contributed by atoms with E-state index in [1.807, 2.05) is 13.8 Å². The van der Waals surface area contributed by atoms with E-state index in [-0.39, 0.29) is 38.6 Å². The average molecular weight is 574 g/mol. The molecule has 0 amide bonds. The van der Waals surface area contributed by atoms with Crippen molar-refractivity contribution in [1.82, 2.24) is 0 Å². The van der Waals surface area contributed by atoms with E-state index in [4.69, 9.17) is 0 Å². The minimum absolute atomic E-state index is 0. The van der Waals surface area contributed by atoms with Crippen LogP contribution in [0.5, 0.6) is 0 Å². The zero-order valence-corrected chi connectivity index (χ0v) is 26.3. The molecule has 0 aromatic rings. The van der Waals surface area contributed by atoms with Crippen molar-refractivity contribution in [3.8, 4) is 0 Å². The Hall–Kier alpha value is 0.274. The van der Waals surface area contributed by atoms with Crippen LogP contribution in [0.25, 0.3) is 0 Å². The van der Waals surface area contributed by atoms with Crippen molar-refractivity contribution in [2.75, 3.05) is 0 Å². The molecule has 0 N–H and O–H groups in total. The van der Waals surface area contributed by atoms with Gasteiger partial charge in [-0.1, -0.05) is 156 Å². The number of rotatable bonds is 24. The van der Waals surface area contributed by atoms with Gasteiger partial charge >= 0.3 is 16.5 Å². The van der Waals surface area contributed by atoms with Gasteiger partial charge in [0.15, 0.2) is 0 Å². The van der Waals surface area contributed by atoms with E-state index in [0.29, 0.717) is 0 Å². The third-order valence-electron chi connectivity index (χ3n) is 6.79. The molecule has 35 heavy (non-hydrogen) atoms. The molecular formula is C30H58NiO2S2. The predicted molar refractivity (Wildman–Crippen MR) is 156 cm³/mol. The Morgan fingerprint density at radius 3 is 0.857 bits per heavy atom. The van der Waals surface area contributed by atoms with Crippen molar-refractivity contribution >= 4 is 35.5 Å². The first kappa shape index (κ1) is 39.8. The van der Waals surface area contributed by atoms with Gasteiger partial charge in [0, 0.05) is 10.2 Å². The van der Waals surface area contributed by atoms with E-state index in [1.165, 1.54) is 128 Å². The predicted octanol–water partition coefficient (Wildman–Crippen LogP) is 10.0. The van der Waals surface area contributed by atoms with Gasteiger partial charge in [0.25, 0.3) is 0 Å². The molecule has 2 atom stereocenters. The van der Waals surface area contributed by atoms with Crippen LogP contribution in [0.3, 0.4) is 0 Å². The third-order valence-corrected chi connectivity index (χ3v) is 7.59. The summed E-state index contributed by atoms with van der Waals surface area (Å²) in [6.07, 6.45) is 28.9. The van der Waals surface area contributed by atoms with Crippen LogP contribution in [0.15, 0.2) is 0 Å². The van der Waals surface area contributed by atoms with Gasteiger partial charge in [-0.25, -0.2) is 0 Å². The van der Waals surface area contributed by atoms with Crippen molar-refractivity contribution in [3.05, 3.63) is 0 Å². The maximum atomic E-state index is 10.8. The van der Waals surface area contributed by atoms with Gasteiger partial charge in [-0.3, -0.25) is 0 Å². The van der Waals surface area contributed by atoms with Gasteiger partial charge in [0.05, 0.1) is 0 Å². The fourth-order valence-corrected chi connectivity index (χ4v) is 4.35. The number of unbranched alkanes of at least 4 members (excludes halogenated alkanes) is 18. The van der Waals surface area contributed by atoms with Crippen LogP contribution < -0.4 is 0 Å². The summed E-state index contributed by atoms with van der Waals surface area (Å²) in [4.78, 5) is 21.7. The molecule has 0 aromatic heterocycles. The minimum atomic E-state index is -0.0686. The van der Waals surface area contributed by atoms with Gasteiger partial charge in [-0.15, -0.1) is 0 Å². The van der Waals surface area contributed by atoms with Crippen LogP contribution in [-0.2, 0) is 51.3 Å². The molecule has 0 bridgehead atoms. The van der Waals surface area contributed by atoms with E-state index in [2.05, 4.69) is 39.1 Å². The second kappa shape index (κ2) is 32.3. The average Bonchev–Trinajstić information content (AvgIpc) is 2.81. The van der Waals surface area contributed by atoms with Crippen LogP contribution in [0.1, 0.15) is 169 Å². The standard InChI is InChI=1S/2C15H30OS.Ni/c2*1-3-4-5-6-7-8-9-10-11-12-13-14(2)15(16)17;/h2*14H,3-13H2,1-2H3,(H,16,17);/q;;+2/p-2. The van der Waals surface area contributed by atoms with Crippen LogP contribution in [0.4, 0.5) is 0 Å². The largest absolute Gasteiger partial charge is 2.00 e. The Morgan fingerprint density at radius 2 is 0.657 bits per heavy atom. The van der Waals surface area contributed by atoms with Crippen molar-refractivity contribution in [2.24, 2.45) is 11.8 Å². The van der Waals surface area contributed by atoms with Crippen molar-refractivity contribution in [3.63, 3.8) is 0 Å². The monoisotopic (exact) mass is 572 g/mol. The summed E-state index contributed by atoms with van der Waals surface area (Å²) in [5.41, 5.74) is 0. The van der Waals surface area contributed by atoms with Gasteiger partial charge < -0.3 is 34.8 Å². The maximum Gasteiger partial charge on any atom is 2.00 e. The van der Waals surface area contributed by atoms with Crippen molar-refractivity contribution in [1.29, 1.82) is 0 Å². The molecule has 0 radical (unpaired) electrons. The van der Waals surface area contributed by atoms with Gasteiger partial charge in [-0.2, -0.15) is 0 Å². The zero-order valence-electron chi connectivity index (χ0n) is 23.7. The van der Waals surface area contributed by atoms with E-state index in [0.717, 1.165) is 12.8 Å². The van der Waals surface area contributed by atoms with Gasteiger partial charge in [-0.05, 0) is 24.7 Å². The summed E-state index contributed by atoms with van der Waals surface area (Å²) in [6.45, 7) is 8.41. The fraction of sp³-hybridized carbons (Fsp3) is 0.933. The van der Waals surface area contributed by atoms with E-state index in [1.54, 1.807) is 0 Å². The Kier molecular flexibility index (Phi) is 36.7. The van der Waals surface area contributed by atoms with Crippen LogP contribution >= 0.6 is 0 Å². The second-order valence-electron chi connectivity index (χ2n) is 10.4. The third kappa shape index (κ3) is 34.3. The molecule has 0 rings (SSSR count). The van der Waals surface area contributed by atoms with Crippen LogP contribution in [0.2, 0.25) is 0 Å². The van der Waals surface area contributed by atoms with Gasteiger partial charge in [0.1, 0.15) is 0 Å². The molecular weight excluding hydrogens is 515 g/mol. The molecule has 0 aliphatic carbocycles. The molecule has 0 heterocycles. The van der Waals surface area contributed by atoms with Crippen LogP contribution in [-0.4, -0.2) is 10.2 Å². The molecule has 2 nitrogen and oxygen atoms in total. The Labute approximate surface area is 241 Å². The smallest absolute Gasteiger partial charge is 0.742 e. The van der Waals surface area contributed by atoms with Gasteiger partial charge in [0.2, 0.25) is 0 Å². The summed E-state index contributed by atoms with van der Waals surface area (Å²) in [6, 6.07) is 0. The number of carbonyl (C=O) groups excluding carboxylic acids is 2. The molecule has 0 spiro atoms. The molecule has 0 fully saturated rings. The Morgan fingerprint density at radius 1 is 0.457 bits per heavy atom. The SMILES string of the molecule is CCCCCCCCCCCCC(C)C(=O)[S-].CCCCCCCCCCCCC(C)C(=O)[S-].[Ni+2]. The quantitative estimate of drug-likeness (QED) is 0.0654. The number of hydrogen-bond donors (Lipinski definition) is 0. The summed E-state index contributed by atoms with van der Waals surface area (Å²) in [5.74, 6) is 0.193. The molecule has 0 aromatic carbocycles. The summed E-state index contributed by atoms with van der Waals surface area (Å²) in [5, 5.41) is -0.137.